The second kappa shape index (κ2) is 5.68. The highest BCUT2D eigenvalue weighted by molar-refractivity contribution is 5.98. The Bertz CT molecular complexity index is 657. The topological polar surface area (TPSA) is 17.1 Å². The summed E-state index contributed by atoms with van der Waals surface area (Å²) in [6, 6.07) is 8.81. The molecule has 0 saturated heterocycles. The molecule has 0 heterocycles. The smallest absolute Gasteiger partial charge is 0.294 e. The lowest BCUT2D eigenvalue weighted by Gasteiger charge is -2.09. The fraction of sp³-hybridized carbons (Fsp3) is 0.188. The van der Waals surface area contributed by atoms with E-state index in [1.54, 1.807) is 24.3 Å². The molecular formula is C16H12F4O. The first-order chi connectivity index (χ1) is 9.77. The fourth-order valence-electron chi connectivity index (χ4n) is 1.90. The molecule has 0 radical (unpaired) electrons. The summed E-state index contributed by atoms with van der Waals surface area (Å²) in [5.74, 6) is -1.62. The van der Waals surface area contributed by atoms with E-state index in [0.717, 1.165) is 5.56 Å². The normalized spacial score (nSPS) is 11.5. The van der Waals surface area contributed by atoms with Gasteiger partial charge in [-0.2, -0.15) is 13.2 Å². The highest BCUT2D eigenvalue weighted by atomic mass is 19.4. The lowest BCUT2D eigenvalue weighted by atomic mass is 10.00. The molecule has 0 aliphatic carbocycles. The first kappa shape index (κ1) is 15.2. The van der Waals surface area contributed by atoms with Gasteiger partial charge in [0.15, 0.2) is 5.78 Å². The van der Waals surface area contributed by atoms with E-state index >= 15 is 0 Å². The number of aryl methyl sites for hydroxylation is 1. The maximum Gasteiger partial charge on any atom is 0.416 e. The van der Waals surface area contributed by atoms with Gasteiger partial charge in [0.1, 0.15) is 5.82 Å². The summed E-state index contributed by atoms with van der Waals surface area (Å²) in [5, 5.41) is 0. The van der Waals surface area contributed by atoms with Crippen LogP contribution in [0.4, 0.5) is 17.6 Å². The summed E-state index contributed by atoms with van der Waals surface area (Å²) in [6.07, 6.45) is -4.74. The molecule has 2 aromatic rings. The number of alkyl halides is 3. The Labute approximate surface area is 119 Å². The number of carbonyl (C=O) groups is 1. The number of benzene rings is 2. The van der Waals surface area contributed by atoms with Gasteiger partial charge in [-0.25, -0.2) is 4.39 Å². The number of ketones is 1. The Morgan fingerprint density at radius 3 is 2.24 bits per heavy atom. The third-order valence-corrected chi connectivity index (χ3v) is 3.08. The molecule has 2 rings (SSSR count). The van der Waals surface area contributed by atoms with Crippen molar-refractivity contribution in [2.24, 2.45) is 0 Å². The Kier molecular flexibility index (Phi) is 4.11. The standard InChI is InChI=1S/C16H12F4O/c1-10-2-4-11(5-3-10)8-15(21)13-9-12(16(18,19)20)6-7-14(13)17/h2-7,9H,8H2,1H3. The zero-order valence-corrected chi connectivity index (χ0v) is 11.2. The van der Waals surface area contributed by atoms with Crippen molar-refractivity contribution < 1.29 is 22.4 Å². The molecule has 0 amide bonds. The van der Waals surface area contributed by atoms with Gasteiger partial charge in [0.05, 0.1) is 11.1 Å². The molecule has 0 atom stereocenters. The number of carbonyl (C=O) groups excluding carboxylic acids is 1. The molecule has 2 aromatic carbocycles. The van der Waals surface area contributed by atoms with Crippen LogP contribution in [0.25, 0.3) is 0 Å². The van der Waals surface area contributed by atoms with Gasteiger partial charge < -0.3 is 0 Å². The minimum atomic E-state index is -4.60. The van der Waals surface area contributed by atoms with Gasteiger partial charge in [0, 0.05) is 6.42 Å². The number of Topliss-reactive ketones (excluding diaryl/α,β-unsaturated/α-hetero) is 1. The van der Waals surface area contributed by atoms with Gasteiger partial charge in [-0.15, -0.1) is 0 Å². The average molecular weight is 296 g/mol. The summed E-state index contributed by atoms with van der Waals surface area (Å²) in [7, 11) is 0. The van der Waals surface area contributed by atoms with Crippen LogP contribution in [0.5, 0.6) is 0 Å². The number of rotatable bonds is 3. The van der Waals surface area contributed by atoms with E-state index in [-0.39, 0.29) is 6.42 Å². The molecule has 0 aromatic heterocycles. The number of hydrogen-bond acceptors (Lipinski definition) is 1. The molecule has 5 heteroatoms. The molecule has 1 nitrogen and oxygen atoms in total. The van der Waals surface area contributed by atoms with Crippen LogP contribution >= 0.6 is 0 Å². The first-order valence-corrected chi connectivity index (χ1v) is 6.23. The van der Waals surface area contributed by atoms with Crippen molar-refractivity contribution >= 4 is 5.78 Å². The van der Waals surface area contributed by atoms with Crippen LogP contribution in [0.15, 0.2) is 42.5 Å². The van der Waals surface area contributed by atoms with Gasteiger partial charge in [0.2, 0.25) is 0 Å². The lowest BCUT2D eigenvalue weighted by molar-refractivity contribution is -0.137. The van der Waals surface area contributed by atoms with Crippen LogP contribution in [-0.2, 0) is 12.6 Å². The quantitative estimate of drug-likeness (QED) is 0.598. The minimum Gasteiger partial charge on any atom is -0.294 e. The van der Waals surface area contributed by atoms with Crippen molar-refractivity contribution in [2.75, 3.05) is 0 Å². The predicted octanol–water partition coefficient (Wildman–Crippen LogP) is 4.58. The van der Waals surface area contributed by atoms with Crippen molar-refractivity contribution in [3.05, 3.63) is 70.5 Å². The Morgan fingerprint density at radius 1 is 1.05 bits per heavy atom. The fourth-order valence-corrected chi connectivity index (χ4v) is 1.90. The third-order valence-electron chi connectivity index (χ3n) is 3.08. The van der Waals surface area contributed by atoms with E-state index in [9.17, 15) is 22.4 Å². The van der Waals surface area contributed by atoms with Crippen molar-refractivity contribution in [3.8, 4) is 0 Å². The molecule has 0 spiro atoms. The van der Waals surface area contributed by atoms with Gasteiger partial charge in [-0.3, -0.25) is 4.79 Å². The monoisotopic (exact) mass is 296 g/mol. The maximum atomic E-state index is 13.6. The van der Waals surface area contributed by atoms with Gasteiger partial charge in [-0.1, -0.05) is 29.8 Å². The minimum absolute atomic E-state index is 0.140. The summed E-state index contributed by atoms with van der Waals surface area (Å²) in [4.78, 5) is 12.0. The Balaban J connectivity index is 2.28. The second-order valence-electron chi connectivity index (χ2n) is 4.78. The zero-order chi connectivity index (χ0) is 15.6. The van der Waals surface area contributed by atoms with Crippen LogP contribution in [0.2, 0.25) is 0 Å². The van der Waals surface area contributed by atoms with Crippen LogP contribution in [-0.4, -0.2) is 5.78 Å². The van der Waals surface area contributed by atoms with Crippen molar-refractivity contribution in [3.63, 3.8) is 0 Å². The van der Waals surface area contributed by atoms with E-state index in [2.05, 4.69) is 0 Å². The van der Waals surface area contributed by atoms with E-state index in [1.807, 2.05) is 6.92 Å². The second-order valence-corrected chi connectivity index (χ2v) is 4.78. The van der Waals surface area contributed by atoms with Gasteiger partial charge in [-0.05, 0) is 30.7 Å². The molecule has 0 N–H and O–H groups in total. The van der Waals surface area contributed by atoms with Crippen LogP contribution < -0.4 is 0 Å². The molecule has 0 saturated carbocycles. The van der Waals surface area contributed by atoms with Crippen LogP contribution in [0.1, 0.15) is 27.0 Å². The van der Waals surface area contributed by atoms with Crippen LogP contribution in [0, 0.1) is 12.7 Å². The highest BCUT2D eigenvalue weighted by Crippen LogP contribution is 2.30. The summed E-state index contributed by atoms with van der Waals surface area (Å²) >= 11 is 0. The number of halogens is 4. The average Bonchev–Trinajstić information content (AvgIpc) is 2.40. The summed E-state index contributed by atoms with van der Waals surface area (Å²) in [6.45, 7) is 1.87. The molecule has 0 fully saturated rings. The van der Waals surface area contributed by atoms with E-state index in [0.29, 0.717) is 23.8 Å². The van der Waals surface area contributed by atoms with E-state index in [4.69, 9.17) is 0 Å². The number of hydrogen-bond donors (Lipinski definition) is 0. The molecular weight excluding hydrogens is 284 g/mol. The molecule has 0 aliphatic rings. The molecule has 110 valence electrons. The maximum absolute atomic E-state index is 13.6. The Hall–Kier alpha value is -2.17. The van der Waals surface area contributed by atoms with Crippen molar-refractivity contribution in [2.45, 2.75) is 19.5 Å². The molecule has 21 heavy (non-hydrogen) atoms. The SMILES string of the molecule is Cc1ccc(CC(=O)c2cc(C(F)(F)F)ccc2F)cc1. The zero-order valence-electron chi connectivity index (χ0n) is 11.2. The summed E-state index contributed by atoms with van der Waals surface area (Å²) in [5.41, 5.74) is 0.0559. The van der Waals surface area contributed by atoms with Gasteiger partial charge in [0.25, 0.3) is 0 Å². The predicted molar refractivity (Wildman–Crippen MR) is 70.6 cm³/mol. The summed E-state index contributed by atoms with van der Waals surface area (Å²) < 4.78 is 51.4. The molecule has 0 aliphatic heterocycles. The molecule has 0 bridgehead atoms. The largest absolute Gasteiger partial charge is 0.416 e. The van der Waals surface area contributed by atoms with Crippen molar-refractivity contribution in [1.82, 2.24) is 0 Å². The Morgan fingerprint density at radius 2 is 1.67 bits per heavy atom. The third kappa shape index (κ3) is 3.68. The van der Waals surface area contributed by atoms with Crippen LogP contribution in [0.3, 0.4) is 0 Å². The van der Waals surface area contributed by atoms with E-state index in [1.165, 1.54) is 0 Å². The molecule has 0 unspecified atom stereocenters. The lowest BCUT2D eigenvalue weighted by Crippen LogP contribution is -2.11. The first-order valence-electron chi connectivity index (χ1n) is 6.23. The van der Waals surface area contributed by atoms with E-state index < -0.39 is 28.9 Å². The highest BCUT2D eigenvalue weighted by Gasteiger charge is 2.31. The van der Waals surface area contributed by atoms with Crippen molar-refractivity contribution in [1.29, 1.82) is 0 Å². The van der Waals surface area contributed by atoms with Gasteiger partial charge >= 0.3 is 6.18 Å².